The highest BCUT2D eigenvalue weighted by Gasteiger charge is 2.25. The second-order valence-corrected chi connectivity index (χ2v) is 7.04. The van der Waals surface area contributed by atoms with Crippen LogP contribution in [-0.4, -0.2) is 13.1 Å². The number of benzene rings is 1. The van der Waals surface area contributed by atoms with Crippen LogP contribution in [-0.2, 0) is 5.33 Å². The molecule has 1 unspecified atom stereocenters. The Bertz CT molecular complexity index is 382. The fourth-order valence-corrected chi connectivity index (χ4v) is 2.59. The number of anilines is 1. The van der Waals surface area contributed by atoms with Crippen molar-refractivity contribution in [2.24, 2.45) is 5.41 Å². The van der Waals surface area contributed by atoms with Crippen LogP contribution in [0.2, 0.25) is 0 Å². The van der Waals surface area contributed by atoms with Gasteiger partial charge in [0.05, 0.1) is 0 Å². The molecule has 0 amide bonds. The molecule has 0 aliphatic rings. The summed E-state index contributed by atoms with van der Waals surface area (Å²) >= 11 is 7.11. The fourth-order valence-electron chi connectivity index (χ4n) is 1.77. The summed E-state index contributed by atoms with van der Waals surface area (Å²) in [5, 5.41) is 0.886. The van der Waals surface area contributed by atoms with E-state index < -0.39 is 0 Å². The summed E-state index contributed by atoms with van der Waals surface area (Å²) in [4.78, 5) is 2.36. The van der Waals surface area contributed by atoms with Gasteiger partial charge >= 0.3 is 0 Å². The van der Waals surface area contributed by atoms with Crippen LogP contribution in [0.5, 0.6) is 0 Å². The Hall–Kier alpha value is -0.0200. The smallest absolute Gasteiger partial charge is 0.0418 e. The first-order valence-electron chi connectivity index (χ1n) is 5.84. The first kappa shape index (κ1) is 15.0. The third-order valence-electron chi connectivity index (χ3n) is 3.41. The van der Waals surface area contributed by atoms with Gasteiger partial charge in [-0.1, -0.05) is 58.7 Å². The second-order valence-electron chi connectivity index (χ2n) is 5.56. The van der Waals surface area contributed by atoms with Gasteiger partial charge in [0.2, 0.25) is 0 Å². The van der Waals surface area contributed by atoms with Crippen molar-refractivity contribution in [2.75, 3.05) is 11.9 Å². The topological polar surface area (TPSA) is 3.24 Å². The molecule has 1 aromatic carbocycles. The van der Waals surface area contributed by atoms with Gasteiger partial charge in [0.1, 0.15) is 0 Å². The number of hydrogen-bond donors (Lipinski definition) is 0. The Labute approximate surface area is 122 Å². The summed E-state index contributed by atoms with van der Waals surface area (Å²) in [6, 6.07) is 6.93. The van der Waals surface area contributed by atoms with Gasteiger partial charge in [-0.25, -0.2) is 0 Å². The maximum atomic E-state index is 3.56. The summed E-state index contributed by atoms with van der Waals surface area (Å²) in [5.74, 6) is 0. The molecule has 0 saturated heterocycles. The van der Waals surface area contributed by atoms with Gasteiger partial charge in [-0.15, -0.1) is 0 Å². The van der Waals surface area contributed by atoms with Crippen LogP contribution in [0.4, 0.5) is 5.69 Å². The number of nitrogens with zero attached hydrogens (tertiary/aromatic N) is 1. The third kappa shape index (κ3) is 3.72. The van der Waals surface area contributed by atoms with Crippen molar-refractivity contribution in [1.82, 2.24) is 0 Å². The predicted octanol–water partition coefficient (Wildman–Crippen LogP) is 5.21. The van der Waals surface area contributed by atoms with E-state index in [1.165, 1.54) is 11.3 Å². The molecule has 0 spiro atoms. The standard InChI is InChI=1S/C14H21Br2N/c1-10(14(2,3)4)17(5)13-8-12(16)7-6-11(13)9-15/h6-8,10H,9H2,1-5H3. The molecule has 0 heterocycles. The van der Waals surface area contributed by atoms with Gasteiger partial charge in [-0.05, 0) is 30.0 Å². The average molecular weight is 363 g/mol. The molecule has 0 radical (unpaired) electrons. The lowest BCUT2D eigenvalue weighted by Gasteiger charge is -2.37. The Morgan fingerprint density at radius 3 is 2.35 bits per heavy atom. The minimum Gasteiger partial charge on any atom is -0.371 e. The molecule has 0 fully saturated rings. The maximum Gasteiger partial charge on any atom is 0.0418 e. The van der Waals surface area contributed by atoms with E-state index in [0.29, 0.717) is 6.04 Å². The molecule has 0 aliphatic heterocycles. The van der Waals surface area contributed by atoms with Crippen molar-refractivity contribution in [3.8, 4) is 0 Å². The van der Waals surface area contributed by atoms with Crippen LogP contribution < -0.4 is 4.90 Å². The molecule has 0 aliphatic carbocycles. The zero-order chi connectivity index (χ0) is 13.2. The van der Waals surface area contributed by atoms with Crippen molar-refractivity contribution < 1.29 is 0 Å². The largest absolute Gasteiger partial charge is 0.371 e. The molecular weight excluding hydrogens is 342 g/mol. The van der Waals surface area contributed by atoms with Gasteiger partial charge < -0.3 is 4.90 Å². The molecule has 96 valence electrons. The van der Waals surface area contributed by atoms with E-state index in [9.17, 15) is 0 Å². The van der Waals surface area contributed by atoms with Crippen LogP contribution in [0.25, 0.3) is 0 Å². The van der Waals surface area contributed by atoms with Crippen molar-refractivity contribution in [2.45, 2.75) is 39.1 Å². The Morgan fingerprint density at radius 2 is 1.88 bits per heavy atom. The fraction of sp³-hybridized carbons (Fsp3) is 0.571. The van der Waals surface area contributed by atoms with Crippen LogP contribution >= 0.6 is 31.9 Å². The molecule has 0 aromatic heterocycles. The van der Waals surface area contributed by atoms with E-state index in [1.807, 2.05) is 0 Å². The second kappa shape index (κ2) is 5.75. The lowest BCUT2D eigenvalue weighted by molar-refractivity contribution is 0.329. The minimum absolute atomic E-state index is 0.265. The molecule has 1 nitrogen and oxygen atoms in total. The highest BCUT2D eigenvalue weighted by atomic mass is 79.9. The third-order valence-corrected chi connectivity index (χ3v) is 4.50. The lowest BCUT2D eigenvalue weighted by Crippen LogP contribution is -2.39. The van der Waals surface area contributed by atoms with Gasteiger partial charge in [-0.2, -0.15) is 0 Å². The molecule has 1 atom stereocenters. The molecule has 17 heavy (non-hydrogen) atoms. The SMILES string of the molecule is CC(N(C)c1cc(Br)ccc1CBr)C(C)(C)C. The first-order valence-corrected chi connectivity index (χ1v) is 7.76. The van der Waals surface area contributed by atoms with Crippen LogP contribution in [0, 0.1) is 5.41 Å². The molecule has 0 bridgehead atoms. The molecule has 0 N–H and O–H groups in total. The normalized spacial score (nSPS) is 13.6. The Kier molecular flexibility index (Phi) is 5.08. The number of halogens is 2. The van der Waals surface area contributed by atoms with E-state index >= 15 is 0 Å². The summed E-state index contributed by atoms with van der Waals surface area (Å²) in [7, 11) is 2.17. The summed E-state index contributed by atoms with van der Waals surface area (Å²) in [6.07, 6.45) is 0. The van der Waals surface area contributed by atoms with Gasteiger partial charge in [0.15, 0.2) is 0 Å². The van der Waals surface area contributed by atoms with E-state index in [2.05, 4.69) is 89.7 Å². The van der Waals surface area contributed by atoms with Crippen molar-refractivity contribution in [1.29, 1.82) is 0 Å². The first-order chi connectivity index (χ1) is 7.77. The molecular formula is C14H21Br2N. The number of hydrogen-bond acceptors (Lipinski definition) is 1. The van der Waals surface area contributed by atoms with Crippen molar-refractivity contribution >= 4 is 37.5 Å². The minimum atomic E-state index is 0.265. The van der Waals surface area contributed by atoms with Gasteiger partial charge in [-0.3, -0.25) is 0 Å². The maximum absolute atomic E-state index is 3.56. The van der Waals surface area contributed by atoms with Crippen molar-refractivity contribution in [3.63, 3.8) is 0 Å². The molecule has 0 saturated carbocycles. The van der Waals surface area contributed by atoms with Crippen LogP contribution in [0.15, 0.2) is 22.7 Å². The quantitative estimate of drug-likeness (QED) is 0.666. The van der Waals surface area contributed by atoms with E-state index in [-0.39, 0.29) is 5.41 Å². The van der Waals surface area contributed by atoms with E-state index in [0.717, 1.165) is 9.80 Å². The predicted molar refractivity (Wildman–Crippen MR) is 84.1 cm³/mol. The highest BCUT2D eigenvalue weighted by Crippen LogP contribution is 2.32. The van der Waals surface area contributed by atoms with Gasteiger partial charge in [0.25, 0.3) is 0 Å². The number of rotatable bonds is 3. The van der Waals surface area contributed by atoms with Crippen LogP contribution in [0.3, 0.4) is 0 Å². The molecule has 1 aromatic rings. The average Bonchev–Trinajstić information content (AvgIpc) is 2.25. The van der Waals surface area contributed by atoms with Crippen LogP contribution in [0.1, 0.15) is 33.3 Å². The molecule has 1 rings (SSSR count). The monoisotopic (exact) mass is 361 g/mol. The Balaban J connectivity index is 3.10. The lowest BCUT2D eigenvalue weighted by atomic mass is 9.86. The van der Waals surface area contributed by atoms with E-state index in [1.54, 1.807) is 0 Å². The van der Waals surface area contributed by atoms with E-state index in [4.69, 9.17) is 0 Å². The van der Waals surface area contributed by atoms with Crippen molar-refractivity contribution in [3.05, 3.63) is 28.2 Å². The highest BCUT2D eigenvalue weighted by molar-refractivity contribution is 9.10. The van der Waals surface area contributed by atoms with Gasteiger partial charge in [0, 0.05) is 28.6 Å². The zero-order valence-electron chi connectivity index (χ0n) is 11.2. The number of alkyl halides is 1. The molecule has 3 heteroatoms. The Morgan fingerprint density at radius 1 is 1.29 bits per heavy atom. The summed E-state index contributed by atoms with van der Waals surface area (Å²) < 4.78 is 1.13. The zero-order valence-corrected chi connectivity index (χ0v) is 14.4. The summed E-state index contributed by atoms with van der Waals surface area (Å²) in [5.41, 5.74) is 2.88. The summed E-state index contributed by atoms with van der Waals surface area (Å²) in [6.45, 7) is 9.11.